The Morgan fingerprint density at radius 3 is 3.07 bits per heavy atom. The van der Waals surface area contributed by atoms with E-state index in [4.69, 9.17) is 5.21 Å². The molecule has 4 nitrogen and oxygen atoms in total. The summed E-state index contributed by atoms with van der Waals surface area (Å²) in [5, 5.41) is 12.6. The van der Waals surface area contributed by atoms with E-state index >= 15 is 0 Å². The molecular weight excluding hydrogens is 190 g/mol. The van der Waals surface area contributed by atoms with Gasteiger partial charge < -0.3 is 9.77 Å². The van der Waals surface area contributed by atoms with E-state index in [1.807, 2.05) is 19.3 Å². The average molecular weight is 205 g/mol. The molecule has 2 aliphatic rings. The Kier molecular flexibility index (Phi) is 1.84. The van der Waals surface area contributed by atoms with Crippen molar-refractivity contribution >= 4 is 5.71 Å². The zero-order valence-electron chi connectivity index (χ0n) is 8.80. The Labute approximate surface area is 88.6 Å². The minimum absolute atomic E-state index is 0.260. The van der Waals surface area contributed by atoms with Gasteiger partial charge in [-0.3, -0.25) is 0 Å². The van der Waals surface area contributed by atoms with Crippen LogP contribution >= 0.6 is 0 Å². The molecule has 3 atom stereocenters. The maximum Gasteiger partial charge on any atom is 0.106 e. The number of oxime groups is 1. The first-order chi connectivity index (χ1) is 7.31. The van der Waals surface area contributed by atoms with Crippen molar-refractivity contribution in [3.8, 4) is 0 Å². The summed E-state index contributed by atoms with van der Waals surface area (Å²) in [6.45, 7) is 2.00. The molecule has 0 radical (unpaired) electrons. The molecule has 1 aromatic rings. The van der Waals surface area contributed by atoms with Gasteiger partial charge in [-0.05, 0) is 32.1 Å². The van der Waals surface area contributed by atoms with E-state index in [1.54, 1.807) is 0 Å². The highest BCUT2D eigenvalue weighted by Crippen LogP contribution is 2.49. The number of nitrogens with zero attached hydrogens (tertiary/aromatic N) is 3. The van der Waals surface area contributed by atoms with Crippen molar-refractivity contribution in [3.05, 3.63) is 18.2 Å². The minimum atomic E-state index is 0.260. The maximum absolute atomic E-state index is 9.10. The average Bonchev–Trinajstić information content (AvgIpc) is 2.90. The molecular formula is C11H15N3O. The molecule has 80 valence electrons. The first kappa shape index (κ1) is 8.95. The largest absolute Gasteiger partial charge is 0.411 e. The van der Waals surface area contributed by atoms with E-state index < -0.39 is 0 Å². The zero-order chi connectivity index (χ0) is 10.4. The van der Waals surface area contributed by atoms with Crippen LogP contribution in [0.2, 0.25) is 0 Å². The Bertz CT molecular complexity index is 410. The van der Waals surface area contributed by atoms with Gasteiger partial charge in [0.15, 0.2) is 0 Å². The molecule has 2 saturated carbocycles. The van der Waals surface area contributed by atoms with Crippen LogP contribution in [0.15, 0.2) is 17.5 Å². The van der Waals surface area contributed by atoms with Crippen molar-refractivity contribution in [2.75, 3.05) is 0 Å². The Morgan fingerprint density at radius 1 is 1.53 bits per heavy atom. The number of aryl methyl sites for hydroxylation is 1. The van der Waals surface area contributed by atoms with Crippen LogP contribution in [0.4, 0.5) is 0 Å². The lowest BCUT2D eigenvalue weighted by Crippen LogP contribution is -2.26. The number of imidazole rings is 1. The topological polar surface area (TPSA) is 50.4 Å². The number of hydrogen-bond acceptors (Lipinski definition) is 3. The second-order valence-corrected chi connectivity index (χ2v) is 4.62. The Balaban J connectivity index is 2.03. The summed E-state index contributed by atoms with van der Waals surface area (Å²) in [5.74, 6) is 2.16. The van der Waals surface area contributed by atoms with Crippen molar-refractivity contribution in [1.29, 1.82) is 0 Å². The maximum atomic E-state index is 9.10. The fourth-order valence-electron chi connectivity index (χ4n) is 3.25. The molecule has 2 aliphatic carbocycles. The summed E-state index contributed by atoms with van der Waals surface area (Å²) in [7, 11) is 0. The van der Waals surface area contributed by atoms with Crippen molar-refractivity contribution in [1.82, 2.24) is 9.55 Å². The van der Waals surface area contributed by atoms with Gasteiger partial charge in [-0.1, -0.05) is 5.16 Å². The normalized spacial score (nSPS) is 36.6. The van der Waals surface area contributed by atoms with Gasteiger partial charge in [-0.25, -0.2) is 4.98 Å². The smallest absolute Gasteiger partial charge is 0.106 e. The van der Waals surface area contributed by atoms with Crippen LogP contribution in [-0.2, 0) is 0 Å². The first-order valence-corrected chi connectivity index (χ1v) is 5.52. The fourth-order valence-corrected chi connectivity index (χ4v) is 3.25. The molecule has 0 saturated heterocycles. The van der Waals surface area contributed by atoms with Crippen molar-refractivity contribution in [2.45, 2.75) is 32.2 Å². The van der Waals surface area contributed by atoms with Crippen LogP contribution in [-0.4, -0.2) is 20.5 Å². The van der Waals surface area contributed by atoms with Gasteiger partial charge in [-0.2, -0.15) is 0 Å². The highest BCUT2D eigenvalue weighted by molar-refractivity contribution is 5.93. The highest BCUT2D eigenvalue weighted by atomic mass is 16.4. The van der Waals surface area contributed by atoms with Gasteiger partial charge in [-0.15, -0.1) is 0 Å². The Hall–Kier alpha value is -1.32. The summed E-state index contributed by atoms with van der Waals surface area (Å²) >= 11 is 0. The molecule has 1 aromatic heterocycles. The predicted molar refractivity (Wildman–Crippen MR) is 56.1 cm³/mol. The van der Waals surface area contributed by atoms with E-state index in [1.165, 1.54) is 19.3 Å². The standard InChI is InChI=1S/C11H15N3O/c1-7-12-4-5-14(7)11-9-3-2-8(6-9)10(11)13-15/h4-5,8-9,11,15H,2-3,6H2,1H3/b13-10-/t8-,9-,11+/m0/s1. The second kappa shape index (κ2) is 3.08. The van der Waals surface area contributed by atoms with Gasteiger partial charge in [0.05, 0.1) is 11.8 Å². The van der Waals surface area contributed by atoms with Gasteiger partial charge in [0.2, 0.25) is 0 Å². The van der Waals surface area contributed by atoms with E-state index in [2.05, 4.69) is 14.7 Å². The van der Waals surface area contributed by atoms with Gasteiger partial charge >= 0.3 is 0 Å². The summed E-state index contributed by atoms with van der Waals surface area (Å²) in [6.07, 6.45) is 7.43. The summed E-state index contributed by atoms with van der Waals surface area (Å²) in [6, 6.07) is 0.260. The molecule has 2 fully saturated rings. The summed E-state index contributed by atoms with van der Waals surface area (Å²) < 4.78 is 2.15. The van der Waals surface area contributed by atoms with Crippen LogP contribution in [0, 0.1) is 18.8 Å². The van der Waals surface area contributed by atoms with Crippen LogP contribution in [0.25, 0.3) is 0 Å². The molecule has 0 aromatic carbocycles. The lowest BCUT2D eigenvalue weighted by molar-refractivity contribution is 0.306. The van der Waals surface area contributed by atoms with Crippen LogP contribution in [0.3, 0.4) is 0 Å². The third-order valence-electron chi connectivity index (χ3n) is 3.92. The quantitative estimate of drug-likeness (QED) is 0.563. The second-order valence-electron chi connectivity index (χ2n) is 4.62. The van der Waals surface area contributed by atoms with Gasteiger partial charge in [0.25, 0.3) is 0 Å². The molecule has 1 N–H and O–H groups in total. The lowest BCUT2D eigenvalue weighted by Gasteiger charge is -2.24. The van der Waals surface area contributed by atoms with Crippen molar-refractivity contribution in [2.24, 2.45) is 17.0 Å². The van der Waals surface area contributed by atoms with Gasteiger partial charge in [0.1, 0.15) is 5.82 Å². The molecule has 1 heterocycles. The SMILES string of the molecule is Cc1nccn1[C@H]1/C(=N\O)[C@H]2CC[C@H]1C2. The van der Waals surface area contributed by atoms with Crippen LogP contribution in [0.1, 0.15) is 31.1 Å². The number of fused-ring (bicyclic) bond motifs is 2. The van der Waals surface area contributed by atoms with Crippen LogP contribution < -0.4 is 0 Å². The van der Waals surface area contributed by atoms with E-state index in [0.717, 1.165) is 11.5 Å². The van der Waals surface area contributed by atoms with Gasteiger partial charge in [0, 0.05) is 18.3 Å². The highest BCUT2D eigenvalue weighted by Gasteiger charge is 2.46. The first-order valence-electron chi connectivity index (χ1n) is 5.52. The molecule has 0 aliphatic heterocycles. The number of aromatic nitrogens is 2. The number of hydrogen-bond donors (Lipinski definition) is 1. The molecule has 0 amide bonds. The molecule has 2 bridgehead atoms. The third kappa shape index (κ3) is 1.14. The molecule has 0 unspecified atom stereocenters. The molecule has 4 heteroatoms. The fraction of sp³-hybridized carbons (Fsp3) is 0.636. The monoisotopic (exact) mass is 205 g/mol. The molecule has 3 rings (SSSR count). The lowest BCUT2D eigenvalue weighted by atomic mass is 9.93. The zero-order valence-corrected chi connectivity index (χ0v) is 8.80. The van der Waals surface area contributed by atoms with E-state index in [9.17, 15) is 0 Å². The summed E-state index contributed by atoms with van der Waals surface area (Å²) in [5.41, 5.74) is 0.965. The summed E-state index contributed by atoms with van der Waals surface area (Å²) in [4.78, 5) is 4.24. The van der Waals surface area contributed by atoms with Crippen molar-refractivity contribution in [3.63, 3.8) is 0 Å². The minimum Gasteiger partial charge on any atom is -0.411 e. The molecule has 15 heavy (non-hydrogen) atoms. The predicted octanol–water partition coefficient (Wildman–Crippen LogP) is 1.99. The number of rotatable bonds is 1. The van der Waals surface area contributed by atoms with Crippen LogP contribution in [0.5, 0.6) is 0 Å². The Morgan fingerprint density at radius 2 is 2.40 bits per heavy atom. The van der Waals surface area contributed by atoms with Crippen molar-refractivity contribution < 1.29 is 5.21 Å². The molecule has 0 spiro atoms. The third-order valence-corrected chi connectivity index (χ3v) is 3.92. The van der Waals surface area contributed by atoms with E-state index in [0.29, 0.717) is 11.8 Å². The van der Waals surface area contributed by atoms with E-state index in [-0.39, 0.29) is 6.04 Å².